The summed E-state index contributed by atoms with van der Waals surface area (Å²) in [7, 11) is 1.69. The molecule has 0 aromatic heterocycles. The zero-order valence-electron chi connectivity index (χ0n) is 10.7. The second-order valence-electron chi connectivity index (χ2n) is 4.25. The van der Waals surface area contributed by atoms with E-state index >= 15 is 0 Å². The van der Waals surface area contributed by atoms with Crippen molar-refractivity contribution in [3.63, 3.8) is 0 Å². The summed E-state index contributed by atoms with van der Waals surface area (Å²) in [6.07, 6.45) is 0. The van der Waals surface area contributed by atoms with Crippen molar-refractivity contribution in [3.05, 3.63) is 66.7 Å². The molecular formula is C17H14OS. The maximum atomic E-state index is 5.18. The molecule has 0 saturated heterocycles. The van der Waals surface area contributed by atoms with Crippen molar-refractivity contribution in [2.75, 3.05) is 7.11 Å². The second-order valence-corrected chi connectivity index (χ2v) is 5.37. The lowest BCUT2D eigenvalue weighted by Gasteiger charge is -2.07. The van der Waals surface area contributed by atoms with Gasteiger partial charge in [0.15, 0.2) is 0 Å². The monoisotopic (exact) mass is 266 g/mol. The Balaban J connectivity index is 1.96. The zero-order valence-corrected chi connectivity index (χ0v) is 11.5. The highest BCUT2D eigenvalue weighted by molar-refractivity contribution is 7.99. The number of methoxy groups -OCH3 is 1. The van der Waals surface area contributed by atoms with Crippen molar-refractivity contribution in [1.29, 1.82) is 0 Å². The van der Waals surface area contributed by atoms with Crippen molar-refractivity contribution < 1.29 is 4.74 Å². The van der Waals surface area contributed by atoms with Gasteiger partial charge in [-0.15, -0.1) is 0 Å². The maximum Gasteiger partial charge on any atom is 0.118 e. The summed E-state index contributed by atoms with van der Waals surface area (Å²) in [5.41, 5.74) is 0. The average Bonchev–Trinajstić information content (AvgIpc) is 2.48. The molecule has 0 unspecified atom stereocenters. The molecular weight excluding hydrogens is 252 g/mol. The van der Waals surface area contributed by atoms with Gasteiger partial charge in [-0.05, 0) is 41.1 Å². The predicted molar refractivity (Wildman–Crippen MR) is 81.1 cm³/mol. The lowest BCUT2D eigenvalue weighted by Crippen LogP contribution is -1.82. The van der Waals surface area contributed by atoms with E-state index in [1.54, 1.807) is 18.9 Å². The molecule has 0 amide bonds. The summed E-state index contributed by atoms with van der Waals surface area (Å²) < 4.78 is 5.18. The van der Waals surface area contributed by atoms with E-state index in [9.17, 15) is 0 Å². The number of benzene rings is 3. The highest BCUT2D eigenvalue weighted by Gasteiger charge is 2.02. The lowest BCUT2D eigenvalue weighted by atomic mass is 10.1. The van der Waals surface area contributed by atoms with Gasteiger partial charge in [-0.3, -0.25) is 0 Å². The average molecular weight is 266 g/mol. The van der Waals surface area contributed by atoms with E-state index in [0.29, 0.717) is 0 Å². The van der Waals surface area contributed by atoms with Gasteiger partial charge in [-0.1, -0.05) is 48.2 Å². The fraction of sp³-hybridized carbons (Fsp3) is 0.0588. The molecule has 0 atom stereocenters. The van der Waals surface area contributed by atoms with Crippen molar-refractivity contribution in [3.8, 4) is 5.75 Å². The van der Waals surface area contributed by atoms with Gasteiger partial charge in [-0.25, -0.2) is 0 Å². The Hall–Kier alpha value is -1.93. The molecule has 19 heavy (non-hydrogen) atoms. The fourth-order valence-corrected chi connectivity index (χ4v) is 3.02. The summed E-state index contributed by atoms with van der Waals surface area (Å²) in [5.74, 6) is 0.891. The molecule has 3 aromatic rings. The summed E-state index contributed by atoms with van der Waals surface area (Å²) in [4.78, 5) is 2.50. The van der Waals surface area contributed by atoms with Crippen LogP contribution in [0.25, 0.3) is 10.8 Å². The minimum absolute atomic E-state index is 0.891. The van der Waals surface area contributed by atoms with Gasteiger partial charge < -0.3 is 4.74 Å². The summed E-state index contributed by atoms with van der Waals surface area (Å²) in [6, 6.07) is 23.1. The van der Waals surface area contributed by atoms with Crippen molar-refractivity contribution >= 4 is 22.5 Å². The van der Waals surface area contributed by atoms with Crippen LogP contribution in [0.2, 0.25) is 0 Å². The first-order chi connectivity index (χ1) is 9.36. The van der Waals surface area contributed by atoms with Crippen molar-refractivity contribution in [1.82, 2.24) is 0 Å². The number of rotatable bonds is 3. The molecule has 0 N–H and O–H groups in total. The van der Waals surface area contributed by atoms with Gasteiger partial charge in [0.05, 0.1) is 7.11 Å². The molecule has 0 aliphatic rings. The first-order valence-corrected chi connectivity index (χ1v) is 6.98. The van der Waals surface area contributed by atoms with Gasteiger partial charge in [-0.2, -0.15) is 0 Å². The molecule has 3 aromatic carbocycles. The van der Waals surface area contributed by atoms with Crippen LogP contribution in [0.1, 0.15) is 0 Å². The predicted octanol–water partition coefficient (Wildman–Crippen LogP) is 5.00. The van der Waals surface area contributed by atoms with Crippen LogP contribution in [0.5, 0.6) is 5.75 Å². The number of fused-ring (bicyclic) bond motifs is 1. The van der Waals surface area contributed by atoms with Crippen LogP contribution in [-0.2, 0) is 0 Å². The molecule has 0 bridgehead atoms. The first-order valence-electron chi connectivity index (χ1n) is 6.16. The third kappa shape index (κ3) is 2.59. The van der Waals surface area contributed by atoms with E-state index in [2.05, 4.69) is 54.6 Å². The Kier molecular flexibility index (Phi) is 3.43. The highest BCUT2D eigenvalue weighted by atomic mass is 32.2. The van der Waals surface area contributed by atoms with E-state index in [1.165, 1.54) is 20.6 Å². The van der Waals surface area contributed by atoms with E-state index in [0.717, 1.165) is 5.75 Å². The van der Waals surface area contributed by atoms with Gasteiger partial charge in [0.1, 0.15) is 5.75 Å². The van der Waals surface area contributed by atoms with E-state index in [1.807, 2.05) is 12.1 Å². The molecule has 0 saturated carbocycles. The van der Waals surface area contributed by atoms with E-state index in [4.69, 9.17) is 4.74 Å². The Morgan fingerprint density at radius 3 is 2.32 bits per heavy atom. The van der Waals surface area contributed by atoms with E-state index in [-0.39, 0.29) is 0 Å². The standard InChI is InChI=1S/C17H14OS/c1-18-14-9-11-15(12-10-14)19-17-8-4-6-13-5-2-3-7-16(13)17/h2-12H,1H3. The molecule has 0 aliphatic carbocycles. The quantitative estimate of drug-likeness (QED) is 0.659. The molecule has 0 heterocycles. The van der Waals surface area contributed by atoms with Gasteiger partial charge in [0.25, 0.3) is 0 Å². The van der Waals surface area contributed by atoms with Crippen LogP contribution in [0.15, 0.2) is 76.5 Å². The van der Waals surface area contributed by atoms with E-state index < -0.39 is 0 Å². The smallest absolute Gasteiger partial charge is 0.118 e. The maximum absolute atomic E-state index is 5.18. The molecule has 0 radical (unpaired) electrons. The Labute approximate surface area is 117 Å². The van der Waals surface area contributed by atoms with Crippen molar-refractivity contribution in [2.45, 2.75) is 9.79 Å². The number of hydrogen-bond donors (Lipinski definition) is 0. The summed E-state index contributed by atoms with van der Waals surface area (Å²) >= 11 is 1.78. The highest BCUT2D eigenvalue weighted by Crippen LogP contribution is 2.33. The topological polar surface area (TPSA) is 9.23 Å². The minimum atomic E-state index is 0.891. The third-order valence-corrected chi connectivity index (χ3v) is 4.12. The van der Waals surface area contributed by atoms with Crippen LogP contribution in [-0.4, -0.2) is 7.11 Å². The number of ether oxygens (including phenoxy) is 1. The first kappa shape index (κ1) is 12.1. The van der Waals surface area contributed by atoms with Gasteiger partial charge in [0, 0.05) is 9.79 Å². The Morgan fingerprint density at radius 1 is 0.789 bits per heavy atom. The molecule has 94 valence electrons. The van der Waals surface area contributed by atoms with Crippen LogP contribution in [0.4, 0.5) is 0 Å². The van der Waals surface area contributed by atoms with Crippen LogP contribution in [0, 0.1) is 0 Å². The van der Waals surface area contributed by atoms with Crippen LogP contribution >= 0.6 is 11.8 Å². The summed E-state index contributed by atoms with van der Waals surface area (Å²) in [6.45, 7) is 0. The molecule has 3 rings (SSSR count). The molecule has 2 heteroatoms. The minimum Gasteiger partial charge on any atom is -0.497 e. The Morgan fingerprint density at radius 2 is 1.53 bits per heavy atom. The van der Waals surface area contributed by atoms with Gasteiger partial charge >= 0.3 is 0 Å². The normalized spacial score (nSPS) is 10.6. The Bertz CT molecular complexity index is 684. The second kappa shape index (κ2) is 5.37. The fourth-order valence-electron chi connectivity index (χ4n) is 2.06. The van der Waals surface area contributed by atoms with Gasteiger partial charge in [0.2, 0.25) is 0 Å². The zero-order chi connectivity index (χ0) is 13.1. The van der Waals surface area contributed by atoms with Crippen molar-refractivity contribution in [2.24, 2.45) is 0 Å². The van der Waals surface area contributed by atoms with Crippen LogP contribution in [0.3, 0.4) is 0 Å². The molecule has 1 nitrogen and oxygen atoms in total. The SMILES string of the molecule is COc1ccc(Sc2cccc3ccccc23)cc1. The van der Waals surface area contributed by atoms with Crippen LogP contribution < -0.4 is 4.74 Å². The summed E-state index contributed by atoms with van der Waals surface area (Å²) in [5, 5.41) is 2.58. The number of hydrogen-bond acceptors (Lipinski definition) is 2. The molecule has 0 aliphatic heterocycles. The largest absolute Gasteiger partial charge is 0.497 e. The molecule has 0 fully saturated rings. The molecule has 0 spiro atoms. The third-order valence-electron chi connectivity index (χ3n) is 3.04. The lowest BCUT2D eigenvalue weighted by molar-refractivity contribution is 0.414.